The molecule has 1 fully saturated rings. The Morgan fingerprint density at radius 3 is 2.29 bits per heavy atom. The molecule has 3 heterocycles. The summed E-state index contributed by atoms with van der Waals surface area (Å²) in [7, 11) is 0. The lowest BCUT2D eigenvalue weighted by Gasteiger charge is -2.29. The summed E-state index contributed by atoms with van der Waals surface area (Å²) in [5, 5.41) is 8.96. The predicted octanol–water partition coefficient (Wildman–Crippen LogP) is 6.30. The Kier molecular flexibility index (Phi) is 10.8. The van der Waals surface area contributed by atoms with Gasteiger partial charge < -0.3 is 24.6 Å². The molecule has 0 spiro atoms. The van der Waals surface area contributed by atoms with Crippen LogP contribution in [-0.2, 0) is 27.2 Å². The minimum absolute atomic E-state index is 0.0412. The number of ether oxygens (including phenoxy) is 2. The van der Waals surface area contributed by atoms with Crippen LogP contribution < -0.4 is 10.6 Å². The van der Waals surface area contributed by atoms with Gasteiger partial charge in [0.2, 0.25) is 5.91 Å². The van der Waals surface area contributed by atoms with Gasteiger partial charge in [-0.3, -0.25) is 9.78 Å². The molecule has 0 unspecified atom stereocenters. The molecule has 236 valence electrons. The van der Waals surface area contributed by atoms with Crippen molar-refractivity contribution in [1.82, 2.24) is 15.5 Å². The summed E-state index contributed by atoms with van der Waals surface area (Å²) in [5.74, 6) is -1.69. The zero-order valence-electron chi connectivity index (χ0n) is 24.4. The number of carbonyl (C=O) groups excluding carboxylic acids is 2. The number of rotatable bonds is 12. The number of pyridine rings is 1. The van der Waals surface area contributed by atoms with Gasteiger partial charge in [0.05, 0.1) is 50.1 Å². The second kappa shape index (κ2) is 15.3. The summed E-state index contributed by atoms with van der Waals surface area (Å²) in [4.78, 5) is 29.1. The zero-order chi connectivity index (χ0) is 31.6. The van der Waals surface area contributed by atoms with E-state index in [1.165, 1.54) is 36.7 Å². The van der Waals surface area contributed by atoms with Crippen LogP contribution in [0.15, 0.2) is 77.7 Å². The Hall–Kier alpha value is -4.71. The number of alkyl carbamates (subject to hydrolysis) is 1. The standard InChI is InChI=1S/C33H33F3N4O5/c34-24-6-2-22(3-7-24)29(23-4-8-25(35)9-5-23)15-32(41)40-31-18-37-17-30(36)28(31)12-11-26-10-1-21(19-43-26)20-44-33(42)38-16-27-13-14-39-45-27/h2-9,13-14,17-18,21,26,29H,1,10-12,15-16,19-20H2,(H,38,42)(H,40,41)/t21-,26-/m0/s1. The van der Waals surface area contributed by atoms with Crippen LogP contribution in [0.5, 0.6) is 0 Å². The lowest BCUT2D eigenvalue weighted by atomic mass is 9.88. The van der Waals surface area contributed by atoms with Gasteiger partial charge in [-0.2, -0.15) is 0 Å². The zero-order valence-corrected chi connectivity index (χ0v) is 24.4. The van der Waals surface area contributed by atoms with E-state index in [4.69, 9.17) is 14.0 Å². The van der Waals surface area contributed by atoms with Gasteiger partial charge in [-0.1, -0.05) is 29.4 Å². The summed E-state index contributed by atoms with van der Waals surface area (Å²) >= 11 is 0. The third-order valence-corrected chi connectivity index (χ3v) is 7.74. The molecule has 2 atom stereocenters. The summed E-state index contributed by atoms with van der Waals surface area (Å²) < 4.78 is 58.3. The van der Waals surface area contributed by atoms with Gasteiger partial charge in [0.25, 0.3) is 0 Å². The number of halogens is 3. The van der Waals surface area contributed by atoms with Crippen molar-refractivity contribution in [3.8, 4) is 0 Å². The van der Waals surface area contributed by atoms with Crippen LogP contribution in [0, 0.1) is 23.4 Å². The van der Waals surface area contributed by atoms with Gasteiger partial charge in [0.1, 0.15) is 17.5 Å². The highest BCUT2D eigenvalue weighted by Crippen LogP contribution is 2.30. The van der Waals surface area contributed by atoms with Crippen LogP contribution >= 0.6 is 0 Å². The Morgan fingerprint density at radius 1 is 0.956 bits per heavy atom. The van der Waals surface area contributed by atoms with E-state index in [0.717, 1.165) is 12.6 Å². The maximum absolute atomic E-state index is 14.9. The molecule has 2 aromatic heterocycles. The van der Waals surface area contributed by atoms with E-state index >= 15 is 0 Å². The van der Waals surface area contributed by atoms with Crippen molar-refractivity contribution in [2.75, 3.05) is 18.5 Å². The fraction of sp³-hybridized carbons (Fsp3) is 0.333. The van der Waals surface area contributed by atoms with Gasteiger partial charge in [0, 0.05) is 29.9 Å². The topological polar surface area (TPSA) is 116 Å². The fourth-order valence-electron chi connectivity index (χ4n) is 5.29. The largest absolute Gasteiger partial charge is 0.449 e. The van der Waals surface area contributed by atoms with E-state index < -0.39 is 35.4 Å². The van der Waals surface area contributed by atoms with Crippen molar-refractivity contribution in [3.05, 3.63) is 113 Å². The molecule has 0 radical (unpaired) electrons. The maximum atomic E-state index is 14.9. The van der Waals surface area contributed by atoms with E-state index in [0.29, 0.717) is 48.3 Å². The highest BCUT2D eigenvalue weighted by Gasteiger charge is 2.25. The molecule has 2 amide bonds. The third kappa shape index (κ3) is 9.15. The van der Waals surface area contributed by atoms with E-state index in [9.17, 15) is 22.8 Å². The molecule has 2 N–H and O–H groups in total. The summed E-state index contributed by atoms with van der Waals surface area (Å²) in [6.45, 7) is 0.788. The fourth-order valence-corrected chi connectivity index (χ4v) is 5.29. The van der Waals surface area contributed by atoms with Gasteiger partial charge in [-0.15, -0.1) is 0 Å². The third-order valence-electron chi connectivity index (χ3n) is 7.74. The minimum Gasteiger partial charge on any atom is -0.449 e. The number of hydrogen-bond donors (Lipinski definition) is 2. The van der Waals surface area contributed by atoms with Gasteiger partial charge >= 0.3 is 6.09 Å². The molecule has 1 saturated heterocycles. The lowest BCUT2D eigenvalue weighted by Crippen LogP contribution is -2.32. The smallest absolute Gasteiger partial charge is 0.407 e. The summed E-state index contributed by atoms with van der Waals surface area (Å²) in [6, 6.07) is 13.2. The van der Waals surface area contributed by atoms with Crippen LogP contribution in [0.1, 0.15) is 54.1 Å². The molecule has 2 aromatic carbocycles. The quantitative estimate of drug-likeness (QED) is 0.191. The monoisotopic (exact) mass is 622 g/mol. The van der Waals surface area contributed by atoms with E-state index in [-0.39, 0.29) is 37.3 Å². The Morgan fingerprint density at radius 2 is 1.67 bits per heavy atom. The number of aromatic nitrogens is 2. The SMILES string of the molecule is O=C(CC(c1ccc(F)cc1)c1ccc(F)cc1)Nc1cncc(F)c1CC[C@@H]1CC[C@H](COC(=O)NCc2ccno2)CO1. The number of carbonyl (C=O) groups is 2. The first-order chi connectivity index (χ1) is 21.8. The average Bonchev–Trinajstić information content (AvgIpc) is 3.57. The van der Waals surface area contributed by atoms with Gasteiger partial charge in [-0.05, 0) is 61.1 Å². The number of nitrogens with zero attached hydrogens (tertiary/aromatic N) is 2. The van der Waals surface area contributed by atoms with Crippen molar-refractivity contribution in [3.63, 3.8) is 0 Å². The van der Waals surface area contributed by atoms with Crippen molar-refractivity contribution in [2.45, 2.75) is 50.7 Å². The molecular formula is C33H33F3N4O5. The van der Waals surface area contributed by atoms with E-state index in [1.54, 1.807) is 30.3 Å². The van der Waals surface area contributed by atoms with Crippen LogP contribution in [0.25, 0.3) is 0 Å². The van der Waals surface area contributed by atoms with Crippen molar-refractivity contribution in [2.24, 2.45) is 5.92 Å². The molecule has 45 heavy (non-hydrogen) atoms. The molecule has 9 nitrogen and oxygen atoms in total. The number of anilines is 1. The van der Waals surface area contributed by atoms with Gasteiger partial charge in [-0.25, -0.2) is 18.0 Å². The van der Waals surface area contributed by atoms with Crippen molar-refractivity contribution < 1.29 is 36.8 Å². The van der Waals surface area contributed by atoms with Crippen LogP contribution in [0.4, 0.5) is 23.7 Å². The van der Waals surface area contributed by atoms with Crippen molar-refractivity contribution in [1.29, 1.82) is 0 Å². The number of nitrogens with one attached hydrogen (secondary N) is 2. The first kappa shape index (κ1) is 31.7. The highest BCUT2D eigenvalue weighted by atomic mass is 19.1. The minimum atomic E-state index is -0.557. The predicted molar refractivity (Wildman–Crippen MR) is 158 cm³/mol. The molecule has 5 rings (SSSR count). The van der Waals surface area contributed by atoms with E-state index in [2.05, 4.69) is 20.8 Å². The second-order valence-corrected chi connectivity index (χ2v) is 10.9. The highest BCUT2D eigenvalue weighted by molar-refractivity contribution is 5.92. The molecular weight excluding hydrogens is 589 g/mol. The number of benzene rings is 2. The lowest BCUT2D eigenvalue weighted by molar-refractivity contribution is -0.116. The normalized spacial score (nSPS) is 16.4. The van der Waals surface area contributed by atoms with E-state index in [1.807, 2.05) is 0 Å². The Labute approximate surface area is 258 Å². The van der Waals surface area contributed by atoms with Gasteiger partial charge in [0.15, 0.2) is 5.76 Å². The molecule has 0 bridgehead atoms. The van der Waals surface area contributed by atoms with Crippen LogP contribution in [0.3, 0.4) is 0 Å². The molecule has 0 aliphatic carbocycles. The summed E-state index contributed by atoms with van der Waals surface area (Å²) in [5.41, 5.74) is 1.94. The van der Waals surface area contributed by atoms with Crippen molar-refractivity contribution >= 4 is 17.7 Å². The molecule has 0 saturated carbocycles. The Balaban J connectivity index is 1.13. The molecule has 4 aromatic rings. The number of hydrogen-bond acceptors (Lipinski definition) is 7. The molecule has 12 heteroatoms. The average molecular weight is 623 g/mol. The second-order valence-electron chi connectivity index (χ2n) is 10.9. The Bertz CT molecular complexity index is 1500. The summed E-state index contributed by atoms with van der Waals surface area (Å²) in [6.07, 6.45) is 5.58. The van der Waals surface area contributed by atoms with Crippen LogP contribution in [0.2, 0.25) is 0 Å². The van der Waals surface area contributed by atoms with Crippen LogP contribution in [-0.4, -0.2) is 41.5 Å². The molecule has 1 aliphatic rings. The molecule has 1 aliphatic heterocycles. The number of amides is 2. The first-order valence-corrected chi connectivity index (χ1v) is 14.7. The maximum Gasteiger partial charge on any atom is 0.407 e. The first-order valence-electron chi connectivity index (χ1n) is 14.7.